The van der Waals surface area contributed by atoms with Crippen molar-refractivity contribution >= 4 is 41.3 Å². The number of aromatic nitrogens is 1. The summed E-state index contributed by atoms with van der Waals surface area (Å²) in [7, 11) is 3.59. The molecule has 0 amide bonds. The Labute approximate surface area is 191 Å². The molecule has 1 fully saturated rings. The molecular formula is C18H31F3IN5OS. The highest BCUT2D eigenvalue weighted by Crippen LogP contribution is 2.23. The number of nitrogens with one attached hydrogen (secondary N) is 1. The molecule has 1 aliphatic heterocycles. The molecule has 1 saturated heterocycles. The van der Waals surface area contributed by atoms with Gasteiger partial charge in [-0.05, 0) is 32.7 Å². The number of alkyl halides is 3. The molecule has 1 aromatic rings. The van der Waals surface area contributed by atoms with E-state index in [1.54, 1.807) is 18.4 Å². The van der Waals surface area contributed by atoms with E-state index in [-0.39, 0.29) is 36.0 Å². The van der Waals surface area contributed by atoms with E-state index < -0.39 is 12.7 Å². The van der Waals surface area contributed by atoms with Gasteiger partial charge in [0.15, 0.2) is 5.96 Å². The van der Waals surface area contributed by atoms with Crippen LogP contribution in [0.2, 0.25) is 0 Å². The number of methoxy groups -OCH3 is 1. The summed E-state index contributed by atoms with van der Waals surface area (Å²) in [4.78, 5) is 12.7. The molecule has 1 N–H and O–H groups in total. The Kier molecular flexibility index (Phi) is 11.1. The maximum Gasteiger partial charge on any atom is 0.401 e. The fraction of sp³-hybridized carbons (Fsp3) is 0.778. The third-order valence-corrected chi connectivity index (χ3v) is 5.69. The fourth-order valence-corrected chi connectivity index (χ4v) is 3.99. The number of nitrogens with zero attached hydrogens (tertiary/aromatic N) is 4. The first-order valence-electron chi connectivity index (χ1n) is 9.47. The summed E-state index contributed by atoms with van der Waals surface area (Å²) in [5, 5.41) is 6.19. The Balaban J connectivity index is 0.00000420. The van der Waals surface area contributed by atoms with Crippen molar-refractivity contribution in [2.75, 3.05) is 46.9 Å². The lowest BCUT2D eigenvalue weighted by Crippen LogP contribution is -2.39. The fourth-order valence-electron chi connectivity index (χ4n) is 3.14. The van der Waals surface area contributed by atoms with Gasteiger partial charge in [0.25, 0.3) is 0 Å². The lowest BCUT2D eigenvalue weighted by atomic mass is 10.1. The molecule has 1 aliphatic rings. The Bertz CT molecular complexity index is 643. The standard InChI is InChI=1S/C18H30F3N5OS.HI/c1-5-22-17(23-8-14-6-7-26(9-14)12-18(19,20)21)25(3)10-15-11-28-16(24-15)13(2)27-4;/h11,13-14H,5-10,12H2,1-4H3,(H,22,23);1H. The molecule has 11 heteroatoms. The second-order valence-electron chi connectivity index (χ2n) is 7.11. The van der Waals surface area contributed by atoms with Gasteiger partial charge in [-0.1, -0.05) is 0 Å². The van der Waals surface area contributed by atoms with Gasteiger partial charge >= 0.3 is 6.18 Å². The number of rotatable bonds is 8. The third kappa shape index (κ3) is 8.93. The average molecular weight is 549 g/mol. The normalized spacial score (nSPS) is 19.1. The molecule has 2 rings (SSSR count). The van der Waals surface area contributed by atoms with E-state index in [1.807, 2.05) is 31.2 Å². The Hall–Kier alpha value is -0.660. The summed E-state index contributed by atoms with van der Waals surface area (Å²) in [6.45, 7) is 5.87. The maximum atomic E-state index is 12.5. The lowest BCUT2D eigenvalue weighted by molar-refractivity contribution is -0.143. The molecule has 0 aromatic carbocycles. The Morgan fingerprint density at radius 3 is 2.86 bits per heavy atom. The first-order chi connectivity index (χ1) is 13.2. The van der Waals surface area contributed by atoms with Crippen molar-refractivity contribution in [1.82, 2.24) is 20.1 Å². The molecule has 6 nitrogen and oxygen atoms in total. The Morgan fingerprint density at radius 1 is 1.52 bits per heavy atom. The maximum absolute atomic E-state index is 12.5. The van der Waals surface area contributed by atoms with E-state index >= 15 is 0 Å². The minimum Gasteiger partial charge on any atom is -0.375 e. The number of hydrogen-bond donors (Lipinski definition) is 1. The quantitative estimate of drug-likeness (QED) is 0.304. The van der Waals surface area contributed by atoms with Crippen molar-refractivity contribution in [3.63, 3.8) is 0 Å². The van der Waals surface area contributed by atoms with Crippen molar-refractivity contribution in [1.29, 1.82) is 0 Å². The monoisotopic (exact) mass is 549 g/mol. The summed E-state index contributed by atoms with van der Waals surface area (Å²) < 4.78 is 42.9. The van der Waals surface area contributed by atoms with E-state index in [4.69, 9.17) is 4.74 Å². The van der Waals surface area contributed by atoms with Crippen molar-refractivity contribution < 1.29 is 17.9 Å². The number of ether oxygens (including phenoxy) is 1. The highest BCUT2D eigenvalue weighted by Gasteiger charge is 2.34. The summed E-state index contributed by atoms with van der Waals surface area (Å²) in [6, 6.07) is 0. The van der Waals surface area contributed by atoms with Crippen LogP contribution in [0.15, 0.2) is 10.4 Å². The molecule has 168 valence electrons. The third-order valence-electron chi connectivity index (χ3n) is 4.64. The van der Waals surface area contributed by atoms with Crippen LogP contribution >= 0.6 is 35.3 Å². The van der Waals surface area contributed by atoms with Gasteiger partial charge in [-0.15, -0.1) is 35.3 Å². The molecule has 0 bridgehead atoms. The molecule has 2 heterocycles. The average Bonchev–Trinajstić information content (AvgIpc) is 3.26. The van der Waals surface area contributed by atoms with Crippen molar-refractivity contribution in [2.45, 2.75) is 39.1 Å². The predicted molar refractivity (Wildman–Crippen MR) is 121 cm³/mol. The first kappa shape index (κ1) is 26.4. The van der Waals surface area contributed by atoms with Crippen LogP contribution in [0.1, 0.15) is 37.1 Å². The van der Waals surface area contributed by atoms with Gasteiger partial charge < -0.3 is 15.0 Å². The zero-order chi connectivity index (χ0) is 20.7. The molecule has 2 atom stereocenters. The molecule has 29 heavy (non-hydrogen) atoms. The summed E-state index contributed by atoms with van der Waals surface area (Å²) in [5.74, 6) is 0.893. The van der Waals surface area contributed by atoms with Gasteiger partial charge in [-0.25, -0.2) is 4.98 Å². The smallest absolute Gasteiger partial charge is 0.375 e. The van der Waals surface area contributed by atoms with Gasteiger partial charge in [0.1, 0.15) is 11.1 Å². The molecular weight excluding hydrogens is 518 g/mol. The van der Waals surface area contributed by atoms with E-state index in [1.165, 1.54) is 4.90 Å². The SMILES string of the molecule is CCNC(=NCC1CCN(CC(F)(F)F)C1)N(C)Cc1csc(C(C)OC)n1.I. The molecule has 0 radical (unpaired) electrons. The van der Waals surface area contributed by atoms with Gasteiger partial charge in [0.05, 0.1) is 18.8 Å². The van der Waals surface area contributed by atoms with Crippen LogP contribution in [0.5, 0.6) is 0 Å². The van der Waals surface area contributed by atoms with Crippen LogP contribution in [-0.2, 0) is 11.3 Å². The van der Waals surface area contributed by atoms with E-state index in [0.29, 0.717) is 26.2 Å². The van der Waals surface area contributed by atoms with Gasteiger partial charge in [0.2, 0.25) is 0 Å². The van der Waals surface area contributed by atoms with Crippen LogP contribution in [-0.4, -0.2) is 73.8 Å². The highest BCUT2D eigenvalue weighted by molar-refractivity contribution is 14.0. The minimum absolute atomic E-state index is 0. The zero-order valence-electron chi connectivity index (χ0n) is 17.3. The molecule has 2 unspecified atom stereocenters. The van der Waals surface area contributed by atoms with Gasteiger partial charge in [-0.3, -0.25) is 9.89 Å². The van der Waals surface area contributed by atoms with Crippen LogP contribution in [0.4, 0.5) is 13.2 Å². The molecule has 1 aromatic heterocycles. The number of halogens is 4. The number of aliphatic imine (C=N–C) groups is 1. The van der Waals surface area contributed by atoms with Crippen molar-refractivity contribution in [3.05, 3.63) is 16.1 Å². The summed E-state index contributed by atoms with van der Waals surface area (Å²) in [6.07, 6.45) is -3.43. The van der Waals surface area contributed by atoms with Gasteiger partial charge in [-0.2, -0.15) is 13.2 Å². The van der Waals surface area contributed by atoms with Crippen LogP contribution in [0.25, 0.3) is 0 Å². The molecule has 0 aliphatic carbocycles. The number of guanidine groups is 1. The highest BCUT2D eigenvalue weighted by atomic mass is 127. The summed E-state index contributed by atoms with van der Waals surface area (Å²) >= 11 is 1.57. The number of hydrogen-bond acceptors (Lipinski definition) is 5. The van der Waals surface area contributed by atoms with Crippen LogP contribution < -0.4 is 5.32 Å². The largest absolute Gasteiger partial charge is 0.401 e. The number of thiazole rings is 1. The summed E-state index contributed by atoms with van der Waals surface area (Å²) in [5.41, 5.74) is 0.939. The molecule has 0 saturated carbocycles. The second-order valence-corrected chi connectivity index (χ2v) is 8.00. The number of likely N-dealkylation sites (tertiary alicyclic amines) is 1. The van der Waals surface area contributed by atoms with Crippen molar-refractivity contribution in [3.8, 4) is 0 Å². The van der Waals surface area contributed by atoms with E-state index in [9.17, 15) is 13.2 Å². The van der Waals surface area contributed by atoms with Crippen molar-refractivity contribution in [2.24, 2.45) is 10.9 Å². The van der Waals surface area contributed by atoms with Gasteiger partial charge in [0, 0.05) is 39.2 Å². The predicted octanol–water partition coefficient (Wildman–Crippen LogP) is 3.75. The topological polar surface area (TPSA) is 53.0 Å². The van der Waals surface area contributed by atoms with E-state index in [2.05, 4.69) is 15.3 Å². The zero-order valence-corrected chi connectivity index (χ0v) is 20.5. The molecule has 0 spiro atoms. The minimum atomic E-state index is -4.14. The van der Waals surface area contributed by atoms with Crippen LogP contribution in [0, 0.1) is 5.92 Å². The lowest BCUT2D eigenvalue weighted by Gasteiger charge is -2.22. The second kappa shape index (κ2) is 12.3. The van der Waals surface area contributed by atoms with E-state index in [0.717, 1.165) is 29.6 Å². The first-order valence-corrected chi connectivity index (χ1v) is 10.4. The van der Waals surface area contributed by atoms with Crippen LogP contribution in [0.3, 0.4) is 0 Å². The Morgan fingerprint density at radius 2 is 2.24 bits per heavy atom.